The fraction of sp³-hybridized carbons (Fsp3) is 0.889. The van der Waals surface area contributed by atoms with E-state index in [1.54, 1.807) is 0 Å². The van der Waals surface area contributed by atoms with Crippen LogP contribution in [0, 0.1) is 0 Å². The van der Waals surface area contributed by atoms with E-state index in [2.05, 4.69) is 31.9 Å². The number of nitrogens with one attached hydrogen (secondary N) is 6. The highest BCUT2D eigenvalue weighted by Crippen LogP contribution is 2.44. The van der Waals surface area contributed by atoms with Crippen LogP contribution in [0.5, 0.6) is 0 Å². The van der Waals surface area contributed by atoms with Crippen LogP contribution >= 0.6 is 0 Å². The van der Waals surface area contributed by atoms with Gasteiger partial charge in [-0.25, -0.2) is 9.59 Å². The minimum atomic E-state index is -3.57. The lowest BCUT2D eigenvalue weighted by atomic mass is 9.88. The molecule has 8 aliphatic heterocycles. The largest absolute Gasteiger partial charge is 0.477 e. The monoisotopic (exact) mass is 1900 g/mol. The van der Waals surface area contributed by atoms with Crippen LogP contribution in [-0.2, 0) is 114 Å². The average Bonchev–Trinajstić information content (AvgIpc) is 0.745. The third-order valence-corrected chi connectivity index (χ3v) is 22.8. The Morgan fingerprint density at radius 2 is 0.677 bits per heavy atom. The molecule has 8 saturated heterocycles. The van der Waals surface area contributed by atoms with Gasteiger partial charge in [0.05, 0.1) is 96.4 Å². The summed E-state index contributed by atoms with van der Waals surface area (Å²) in [6.07, 6.45) is -92.3. The number of rotatable bonds is 41. The number of amides is 6. The summed E-state index contributed by atoms with van der Waals surface area (Å²) in [7, 11) is 0. The zero-order chi connectivity index (χ0) is 97.1. The molecule has 6 amide bonds. The molecule has 8 heterocycles. The quantitative estimate of drug-likeness (QED) is 0.0270. The smallest absolute Gasteiger partial charge is 0.364 e. The van der Waals surface area contributed by atoms with Crippen molar-refractivity contribution in [3.8, 4) is 0 Å². The van der Waals surface area contributed by atoms with Crippen LogP contribution in [0.1, 0.15) is 54.4 Å². The van der Waals surface area contributed by atoms with E-state index in [4.69, 9.17) is 75.8 Å². The molecule has 0 saturated carbocycles. The Morgan fingerprint density at radius 3 is 1.03 bits per heavy atom. The number of hydrogen-bond donors (Lipinski definition) is 34. The molecule has 750 valence electrons. The van der Waals surface area contributed by atoms with Crippen LogP contribution in [0.15, 0.2) is 0 Å². The van der Waals surface area contributed by atoms with Crippen molar-refractivity contribution in [2.24, 2.45) is 0 Å². The molecule has 8 rings (SSSR count). The second kappa shape index (κ2) is 47.7. The minimum absolute atomic E-state index is 0.839. The SMILES string of the molecule is CC(=O)N[C@H]1[C@H](OC[C@H]2O[C@@H](O[C@@H]([C@H](O)[C@H](CO)NC(C)=O)[C@H](O)CO)[C@H](O)[C@@H](O[C@@H]3O[C@H](CO)[C@H](O[C@@H]4O[C@H](CO)[C@H](O)[C@H](O)[C@H]4NC(C)=O)[C@H](O[C@]4(C(=O)O)C[C@H](O)[C@@H](NC(C)=O)[C@H]([C@H](O)[C@H](O)CO)O4)[C@H]3O)[C@H]2O)O[C@H](CO)[C@@H](O[C@@H]2O[C@H](CO)[C@H](O[C@@H]3O[C@H](CO)[C@H](O)[C@H](O)[C@H]3NC(C)=O)[C@H](O[C@]3(C(=O)O)C[C@H](O)[C@@H](NC(C)=O)[C@H]([C@H](O)[C@H](O)CO)O3)[C@H]2O)[C@@H]1O. The molecule has 130 heavy (non-hydrogen) atoms. The van der Waals surface area contributed by atoms with Crippen molar-refractivity contribution in [2.45, 2.75) is 335 Å². The van der Waals surface area contributed by atoms with E-state index < -0.39 is 407 Å². The molecule has 0 spiro atoms. The topological polar surface area (TPSA) is 923 Å². The van der Waals surface area contributed by atoms with Gasteiger partial charge in [0, 0.05) is 54.4 Å². The highest BCUT2D eigenvalue weighted by Gasteiger charge is 2.66. The van der Waals surface area contributed by atoms with Crippen molar-refractivity contribution < 1.29 is 257 Å². The van der Waals surface area contributed by atoms with Gasteiger partial charge < -0.3 is 251 Å². The molecule has 46 atom stereocenters. The summed E-state index contributed by atoms with van der Waals surface area (Å²) >= 11 is 0. The summed E-state index contributed by atoms with van der Waals surface area (Å²) in [5, 5.41) is 329. The van der Waals surface area contributed by atoms with Gasteiger partial charge in [-0.3, -0.25) is 28.8 Å². The standard InChI is InChI=1S/C72H120N6O52/c1-19(88)73-25(9-79)42(99)54(30(98)12-82)122-66-51(108)60(126-68-53(110)62(57(35(17-87)120-68)125-65-40(77-23(5)92)49(106)46(103)32(14-84)117-65)130-72(70(113)114)8-27(95)38(75-21(3)90)59(128-72)44(101)29(97)11-81)47(104)36(121-66)18-115-63-41(78-24(6)93)50(107)55(33(15-85)118-63)123-67-52(109)61(56(34(16-86)119-67)124-64-39(76-22(4)91)48(105)45(102)31(13-83)116-64)129-71(69(111)112)7-26(94)37(74-20(2)89)58(127-71)43(100)28(96)10-80/h25-68,79-87,94-110H,7-18H2,1-6H3,(H,73,88)(H,74,89)(H,75,90)(H,76,91)(H,77,92)(H,78,93)(H,111,112)(H,113,114)/t25-,26-,27-,28+,29+,30+,31+,32+,33+,34+,35+,36+,37+,38+,39+,40+,41+,42+,43+,44+,45-,46-,47-,48+,49+,50+,51+,52+,53+,54+,55+,56-,57-,58+,59+,60-,61+,62+,63+,64-,65-,66-,67-,68-,71-,72-/m0/s1. The molecule has 0 radical (unpaired) electrons. The molecular weight excluding hydrogens is 1780 g/mol. The molecular formula is C72H120N6O52. The van der Waals surface area contributed by atoms with Gasteiger partial charge in [0.25, 0.3) is 11.6 Å². The second-order valence-electron chi connectivity index (χ2n) is 32.3. The lowest BCUT2D eigenvalue weighted by molar-refractivity contribution is -0.404. The fourth-order valence-corrected chi connectivity index (χ4v) is 16.3. The Labute approximate surface area is 735 Å². The number of aliphatic hydroxyl groups is 26. The van der Waals surface area contributed by atoms with Crippen molar-refractivity contribution >= 4 is 47.4 Å². The van der Waals surface area contributed by atoms with E-state index in [1.165, 1.54) is 0 Å². The minimum Gasteiger partial charge on any atom is -0.477 e. The molecule has 0 aromatic heterocycles. The number of carboxylic acids is 2. The van der Waals surface area contributed by atoms with Crippen molar-refractivity contribution in [1.29, 1.82) is 0 Å². The van der Waals surface area contributed by atoms with Crippen LogP contribution in [0.2, 0.25) is 0 Å². The average molecular weight is 1900 g/mol. The number of carboxylic acid groups (broad SMARTS) is 2. The van der Waals surface area contributed by atoms with Gasteiger partial charge in [0.15, 0.2) is 37.7 Å². The second-order valence-corrected chi connectivity index (χ2v) is 32.3. The van der Waals surface area contributed by atoms with Gasteiger partial charge in [-0.15, -0.1) is 0 Å². The first-order valence-electron chi connectivity index (χ1n) is 40.8. The summed E-state index contributed by atoms with van der Waals surface area (Å²) in [6, 6.07) is -11.6. The van der Waals surface area contributed by atoms with Gasteiger partial charge in [0.2, 0.25) is 35.4 Å². The molecule has 0 bridgehead atoms. The van der Waals surface area contributed by atoms with Gasteiger partial charge in [-0.05, 0) is 0 Å². The molecule has 58 nitrogen and oxygen atoms in total. The fourth-order valence-electron chi connectivity index (χ4n) is 16.3. The molecule has 0 aromatic carbocycles. The molecule has 0 unspecified atom stereocenters. The van der Waals surface area contributed by atoms with E-state index in [0.717, 1.165) is 41.5 Å². The van der Waals surface area contributed by atoms with Crippen LogP contribution in [-0.4, -0.2) is 537 Å². The van der Waals surface area contributed by atoms with Gasteiger partial charge in [-0.2, -0.15) is 0 Å². The molecule has 8 aliphatic rings. The number of hydrogen-bond acceptors (Lipinski definition) is 50. The normalized spacial score (nSPS) is 42.1. The van der Waals surface area contributed by atoms with Crippen LogP contribution in [0.25, 0.3) is 0 Å². The zero-order valence-electron chi connectivity index (χ0n) is 70.2. The first-order valence-corrected chi connectivity index (χ1v) is 40.8. The first-order chi connectivity index (χ1) is 61.1. The number of ether oxygens (including phenoxy) is 16. The molecule has 58 heteroatoms. The number of aliphatic carboxylic acids is 2. The van der Waals surface area contributed by atoms with Gasteiger partial charge in [0.1, 0.15) is 201 Å². The lowest BCUT2D eigenvalue weighted by Gasteiger charge is -2.52. The number of carbonyl (C=O) groups excluding carboxylic acids is 6. The molecule has 0 aromatic rings. The van der Waals surface area contributed by atoms with E-state index >= 15 is 0 Å². The van der Waals surface area contributed by atoms with Crippen LogP contribution in [0.3, 0.4) is 0 Å². The van der Waals surface area contributed by atoms with Gasteiger partial charge >= 0.3 is 11.9 Å². The molecule has 8 fully saturated rings. The van der Waals surface area contributed by atoms with Crippen molar-refractivity contribution in [3.63, 3.8) is 0 Å². The maximum absolute atomic E-state index is 13.9. The lowest BCUT2D eigenvalue weighted by Crippen LogP contribution is -2.72. The van der Waals surface area contributed by atoms with E-state index in [0.29, 0.717) is 0 Å². The maximum atomic E-state index is 13.9. The van der Waals surface area contributed by atoms with Crippen LogP contribution < -0.4 is 31.9 Å². The zero-order valence-corrected chi connectivity index (χ0v) is 70.2. The highest BCUT2D eigenvalue weighted by atomic mass is 16.8. The highest BCUT2D eigenvalue weighted by molar-refractivity contribution is 5.78. The first kappa shape index (κ1) is 109. The number of aliphatic hydroxyl groups excluding tert-OH is 26. The van der Waals surface area contributed by atoms with Gasteiger partial charge in [-0.1, -0.05) is 0 Å². The Bertz CT molecular complexity index is 3660. The Hall–Kier alpha value is -5.92. The third kappa shape index (κ3) is 25.1. The summed E-state index contributed by atoms with van der Waals surface area (Å²) in [5.41, 5.74) is 0. The molecule has 0 aliphatic carbocycles. The van der Waals surface area contributed by atoms with Crippen molar-refractivity contribution in [1.82, 2.24) is 31.9 Å². The van der Waals surface area contributed by atoms with E-state index in [1.807, 2.05) is 0 Å². The van der Waals surface area contributed by atoms with Crippen molar-refractivity contribution in [3.05, 3.63) is 0 Å². The third-order valence-electron chi connectivity index (χ3n) is 22.8. The van der Waals surface area contributed by atoms with E-state index in [9.17, 15) is 181 Å². The predicted octanol–water partition coefficient (Wildman–Crippen LogP) is -21.7. The summed E-state index contributed by atoms with van der Waals surface area (Å²) in [5.74, 6) is -17.5. The summed E-state index contributed by atoms with van der Waals surface area (Å²) in [4.78, 5) is 104. The predicted molar refractivity (Wildman–Crippen MR) is 403 cm³/mol. The van der Waals surface area contributed by atoms with Crippen molar-refractivity contribution in [2.75, 3.05) is 66.1 Å². The summed E-state index contributed by atoms with van der Waals surface area (Å²) < 4.78 is 96.0. The Balaban J connectivity index is 1.19. The molecule has 34 N–H and O–H groups in total. The maximum Gasteiger partial charge on any atom is 0.364 e. The number of carbonyl (C=O) groups is 8. The summed E-state index contributed by atoms with van der Waals surface area (Å²) in [6.45, 7) is -7.52. The van der Waals surface area contributed by atoms with E-state index in [-0.39, 0.29) is 0 Å². The Morgan fingerprint density at radius 1 is 0.346 bits per heavy atom. The Kier molecular flexibility index (Phi) is 40.1. The van der Waals surface area contributed by atoms with Crippen LogP contribution in [0.4, 0.5) is 0 Å².